The number of unbranched alkanes of at least 4 members (excludes halogenated alkanes) is 10. The molecule has 1 radical (unpaired) electrons. The average molecular weight is 282 g/mol. The van der Waals surface area contributed by atoms with Gasteiger partial charge in [-0.05, 0) is 5.92 Å². The summed E-state index contributed by atoms with van der Waals surface area (Å²) < 4.78 is 0. The molecule has 0 heterocycles. The summed E-state index contributed by atoms with van der Waals surface area (Å²) in [6.45, 7) is 8.66. The maximum absolute atomic E-state index is 4.06. The zero-order chi connectivity index (χ0) is 14.9. The van der Waals surface area contributed by atoms with Gasteiger partial charge in [0.15, 0.2) is 0 Å². The van der Waals surface area contributed by atoms with E-state index in [-0.39, 0.29) is 0 Å². The highest BCUT2D eigenvalue weighted by Gasteiger charge is 2.07. The molecular formula is C20H41. The second-order valence-corrected chi connectivity index (χ2v) is 6.62. The van der Waals surface area contributed by atoms with Gasteiger partial charge in [0.25, 0.3) is 0 Å². The van der Waals surface area contributed by atoms with Crippen LogP contribution in [0.3, 0.4) is 0 Å². The first kappa shape index (κ1) is 20.0. The van der Waals surface area contributed by atoms with E-state index in [4.69, 9.17) is 0 Å². The third-order valence-electron chi connectivity index (χ3n) is 4.54. The predicted octanol–water partition coefficient (Wildman–Crippen LogP) is 7.72. The van der Waals surface area contributed by atoms with Gasteiger partial charge >= 0.3 is 0 Å². The van der Waals surface area contributed by atoms with E-state index < -0.39 is 0 Å². The highest BCUT2D eigenvalue weighted by atomic mass is 14.1. The van der Waals surface area contributed by atoms with Gasteiger partial charge in [0.1, 0.15) is 0 Å². The van der Waals surface area contributed by atoms with Crippen molar-refractivity contribution >= 4 is 0 Å². The molecule has 0 atom stereocenters. The van der Waals surface area contributed by atoms with Crippen LogP contribution in [0, 0.1) is 12.8 Å². The molecule has 0 spiro atoms. The Hall–Kier alpha value is 0. The first-order chi connectivity index (χ1) is 9.85. The predicted molar refractivity (Wildman–Crippen MR) is 94.1 cm³/mol. The molecule has 0 aliphatic rings. The smallest absolute Gasteiger partial charge is 0.0414 e. The van der Waals surface area contributed by atoms with Crippen LogP contribution in [0.15, 0.2) is 0 Å². The number of rotatable bonds is 16. The minimum absolute atomic E-state index is 0.977. The lowest BCUT2D eigenvalue weighted by Crippen LogP contribution is -2.00. The second kappa shape index (κ2) is 17.1. The van der Waals surface area contributed by atoms with E-state index in [0.29, 0.717) is 0 Å². The Balaban J connectivity index is 3.45. The van der Waals surface area contributed by atoms with Crippen LogP contribution in [0.2, 0.25) is 0 Å². The highest BCUT2D eigenvalue weighted by molar-refractivity contribution is 4.62. The van der Waals surface area contributed by atoms with E-state index >= 15 is 0 Å². The second-order valence-electron chi connectivity index (χ2n) is 6.62. The minimum atomic E-state index is 0.977. The Morgan fingerprint density at radius 3 is 1.35 bits per heavy atom. The third-order valence-corrected chi connectivity index (χ3v) is 4.54. The normalized spacial score (nSPS) is 11.4. The zero-order valence-electron chi connectivity index (χ0n) is 14.6. The standard InChI is InChI=1S/C20H41/c1-4-7-9-11-13-15-18-20(17-6-3)19-16-14-12-10-8-5-2/h20H,3-19H2,1-2H3. The molecule has 0 aromatic heterocycles. The van der Waals surface area contributed by atoms with Crippen molar-refractivity contribution in [2.75, 3.05) is 0 Å². The minimum Gasteiger partial charge on any atom is -0.0654 e. The quantitative estimate of drug-likeness (QED) is 0.254. The Morgan fingerprint density at radius 1 is 0.550 bits per heavy atom. The highest BCUT2D eigenvalue weighted by Crippen LogP contribution is 2.23. The average Bonchev–Trinajstić information content (AvgIpc) is 2.46. The number of hydrogen-bond donors (Lipinski definition) is 0. The van der Waals surface area contributed by atoms with Gasteiger partial charge in [-0.15, -0.1) is 0 Å². The van der Waals surface area contributed by atoms with Gasteiger partial charge in [-0.25, -0.2) is 0 Å². The van der Waals surface area contributed by atoms with E-state index in [1.54, 1.807) is 0 Å². The van der Waals surface area contributed by atoms with Gasteiger partial charge in [-0.2, -0.15) is 0 Å². The van der Waals surface area contributed by atoms with Crippen LogP contribution in [-0.4, -0.2) is 0 Å². The summed E-state index contributed by atoms with van der Waals surface area (Å²) in [6, 6.07) is 0. The van der Waals surface area contributed by atoms with Crippen LogP contribution < -0.4 is 0 Å². The molecule has 0 fully saturated rings. The van der Waals surface area contributed by atoms with Crippen LogP contribution in [-0.2, 0) is 0 Å². The summed E-state index contributed by atoms with van der Waals surface area (Å²) in [6.07, 6.45) is 22.7. The van der Waals surface area contributed by atoms with E-state index in [9.17, 15) is 0 Å². The van der Waals surface area contributed by atoms with Crippen molar-refractivity contribution in [1.82, 2.24) is 0 Å². The van der Waals surface area contributed by atoms with Crippen molar-refractivity contribution in [2.24, 2.45) is 5.92 Å². The lowest BCUT2D eigenvalue weighted by atomic mass is 9.90. The Morgan fingerprint density at radius 2 is 0.950 bits per heavy atom. The van der Waals surface area contributed by atoms with Crippen molar-refractivity contribution in [3.8, 4) is 0 Å². The fraction of sp³-hybridized carbons (Fsp3) is 0.950. The Bertz CT molecular complexity index is 145. The van der Waals surface area contributed by atoms with Gasteiger partial charge in [0.05, 0.1) is 0 Å². The molecule has 0 amide bonds. The van der Waals surface area contributed by atoms with E-state index in [1.165, 1.54) is 96.3 Å². The SMILES string of the molecule is [CH2]CCC(CCCCCCCC)CCCCCCCC. The largest absolute Gasteiger partial charge is 0.0654 e. The van der Waals surface area contributed by atoms with Gasteiger partial charge in [0, 0.05) is 0 Å². The van der Waals surface area contributed by atoms with Crippen LogP contribution in [0.1, 0.15) is 117 Å². The molecule has 20 heavy (non-hydrogen) atoms. The van der Waals surface area contributed by atoms with Crippen molar-refractivity contribution in [1.29, 1.82) is 0 Å². The third kappa shape index (κ3) is 14.4. The fourth-order valence-corrected chi connectivity index (χ4v) is 3.15. The van der Waals surface area contributed by atoms with Crippen LogP contribution in [0.25, 0.3) is 0 Å². The van der Waals surface area contributed by atoms with Crippen molar-refractivity contribution in [3.63, 3.8) is 0 Å². The van der Waals surface area contributed by atoms with Crippen molar-refractivity contribution < 1.29 is 0 Å². The van der Waals surface area contributed by atoms with Crippen LogP contribution >= 0.6 is 0 Å². The lowest BCUT2D eigenvalue weighted by Gasteiger charge is -2.16. The fourth-order valence-electron chi connectivity index (χ4n) is 3.15. The molecule has 0 aromatic carbocycles. The molecule has 0 aliphatic heterocycles. The molecule has 0 heteroatoms. The first-order valence-corrected chi connectivity index (χ1v) is 9.64. The van der Waals surface area contributed by atoms with E-state index in [1.807, 2.05) is 0 Å². The first-order valence-electron chi connectivity index (χ1n) is 9.64. The van der Waals surface area contributed by atoms with E-state index in [2.05, 4.69) is 20.8 Å². The molecule has 0 aromatic rings. The molecule has 0 saturated carbocycles. The molecule has 0 bridgehead atoms. The molecule has 0 aliphatic carbocycles. The zero-order valence-corrected chi connectivity index (χ0v) is 14.6. The number of hydrogen-bond acceptors (Lipinski definition) is 0. The summed E-state index contributed by atoms with van der Waals surface area (Å²) in [4.78, 5) is 0. The van der Waals surface area contributed by atoms with Gasteiger partial charge < -0.3 is 0 Å². The van der Waals surface area contributed by atoms with Crippen LogP contribution in [0.4, 0.5) is 0 Å². The molecule has 0 nitrogen and oxygen atoms in total. The van der Waals surface area contributed by atoms with Gasteiger partial charge in [-0.3, -0.25) is 0 Å². The Kier molecular flexibility index (Phi) is 17.1. The summed E-state index contributed by atoms with van der Waals surface area (Å²) in [7, 11) is 0. The topological polar surface area (TPSA) is 0 Å². The van der Waals surface area contributed by atoms with Gasteiger partial charge in [-0.1, -0.05) is 124 Å². The molecule has 0 rings (SSSR count). The maximum atomic E-state index is 4.06. The molecule has 0 N–H and O–H groups in total. The van der Waals surface area contributed by atoms with Gasteiger partial charge in [0.2, 0.25) is 0 Å². The summed E-state index contributed by atoms with van der Waals surface area (Å²) in [5.41, 5.74) is 0. The van der Waals surface area contributed by atoms with Crippen molar-refractivity contribution in [2.45, 2.75) is 117 Å². The molecule has 121 valence electrons. The Labute approximate surface area is 130 Å². The summed E-state index contributed by atoms with van der Waals surface area (Å²) >= 11 is 0. The molecular weight excluding hydrogens is 240 g/mol. The monoisotopic (exact) mass is 281 g/mol. The summed E-state index contributed by atoms with van der Waals surface area (Å²) in [5.74, 6) is 0.977. The maximum Gasteiger partial charge on any atom is -0.0414 e. The van der Waals surface area contributed by atoms with Crippen molar-refractivity contribution in [3.05, 3.63) is 6.92 Å². The molecule has 0 saturated heterocycles. The van der Waals surface area contributed by atoms with Crippen LogP contribution in [0.5, 0.6) is 0 Å². The molecule has 0 unspecified atom stereocenters. The summed E-state index contributed by atoms with van der Waals surface area (Å²) in [5, 5.41) is 0. The van der Waals surface area contributed by atoms with E-state index in [0.717, 1.165) is 12.3 Å². The lowest BCUT2D eigenvalue weighted by molar-refractivity contribution is 0.382.